The summed E-state index contributed by atoms with van der Waals surface area (Å²) in [5, 5.41) is 3.17. The summed E-state index contributed by atoms with van der Waals surface area (Å²) in [6.45, 7) is 8.96. The van der Waals surface area contributed by atoms with Gasteiger partial charge in [0.15, 0.2) is 0 Å². The van der Waals surface area contributed by atoms with Crippen LogP contribution in [0.1, 0.15) is 18.1 Å². The van der Waals surface area contributed by atoms with E-state index in [1.165, 1.54) is 16.8 Å². The van der Waals surface area contributed by atoms with Crippen LogP contribution in [0.25, 0.3) is 0 Å². The maximum atomic E-state index is 5.60. The average molecular weight is 236 g/mol. The number of nitrogens with one attached hydrogen (secondary N) is 1. The first-order valence-electron chi connectivity index (χ1n) is 6.20. The zero-order chi connectivity index (χ0) is 12.8. The van der Waals surface area contributed by atoms with E-state index in [2.05, 4.69) is 43.2 Å². The van der Waals surface area contributed by atoms with E-state index < -0.39 is 0 Å². The van der Waals surface area contributed by atoms with Crippen LogP contribution in [0.4, 0.5) is 5.69 Å². The van der Waals surface area contributed by atoms with E-state index in [0.29, 0.717) is 0 Å². The van der Waals surface area contributed by atoms with Gasteiger partial charge >= 0.3 is 0 Å². The summed E-state index contributed by atoms with van der Waals surface area (Å²) < 4.78 is 5.60. The molecule has 3 nitrogen and oxygen atoms in total. The second-order valence-corrected chi connectivity index (χ2v) is 4.36. The van der Waals surface area contributed by atoms with Crippen molar-refractivity contribution < 1.29 is 4.74 Å². The second kappa shape index (κ2) is 6.50. The predicted octanol–water partition coefficient (Wildman–Crippen LogP) is 2.36. The molecule has 0 aliphatic carbocycles. The van der Waals surface area contributed by atoms with Crippen molar-refractivity contribution in [3.05, 3.63) is 23.3 Å². The minimum Gasteiger partial charge on any atom is -0.494 e. The van der Waals surface area contributed by atoms with Gasteiger partial charge < -0.3 is 15.0 Å². The van der Waals surface area contributed by atoms with E-state index >= 15 is 0 Å². The van der Waals surface area contributed by atoms with Gasteiger partial charge in [0.05, 0.1) is 6.61 Å². The van der Waals surface area contributed by atoms with Crippen molar-refractivity contribution in [3.8, 4) is 5.75 Å². The average Bonchev–Trinajstić information content (AvgIpc) is 2.30. The molecule has 1 rings (SSSR count). The van der Waals surface area contributed by atoms with Gasteiger partial charge in [0, 0.05) is 25.8 Å². The summed E-state index contributed by atoms with van der Waals surface area (Å²) in [5.41, 5.74) is 3.74. The van der Waals surface area contributed by atoms with Crippen LogP contribution in [-0.4, -0.2) is 33.8 Å². The number of rotatable bonds is 6. The molecule has 0 radical (unpaired) electrons. The van der Waals surface area contributed by atoms with E-state index in [-0.39, 0.29) is 0 Å². The van der Waals surface area contributed by atoms with Gasteiger partial charge in [0.1, 0.15) is 5.75 Å². The number of ether oxygens (including phenoxy) is 1. The first-order chi connectivity index (χ1) is 8.10. The highest BCUT2D eigenvalue weighted by atomic mass is 16.5. The Morgan fingerprint density at radius 3 is 2.53 bits per heavy atom. The maximum Gasteiger partial charge on any atom is 0.122 e. The highest BCUT2D eigenvalue weighted by Crippen LogP contribution is 2.28. The zero-order valence-electron chi connectivity index (χ0n) is 11.6. The van der Waals surface area contributed by atoms with Crippen LogP contribution in [0, 0.1) is 13.8 Å². The third-order valence-electron chi connectivity index (χ3n) is 2.90. The van der Waals surface area contributed by atoms with Crippen LogP contribution in [0.5, 0.6) is 5.75 Å². The minimum atomic E-state index is 0.717. The molecule has 1 N–H and O–H groups in total. The number of benzene rings is 1. The standard InChI is InChI=1S/C14H24N2O/c1-6-17-14-10-11(2)13(9-12(14)3)16(5)8-7-15-4/h9-10,15H,6-8H2,1-5H3. The molecule has 0 bridgehead atoms. The van der Waals surface area contributed by atoms with Crippen LogP contribution < -0.4 is 15.0 Å². The number of nitrogens with zero attached hydrogens (tertiary/aromatic N) is 1. The van der Waals surface area contributed by atoms with Gasteiger partial charge in [0.2, 0.25) is 0 Å². The maximum absolute atomic E-state index is 5.60. The van der Waals surface area contributed by atoms with Crippen LogP contribution in [0.3, 0.4) is 0 Å². The molecule has 0 spiro atoms. The molecule has 0 heterocycles. The largest absolute Gasteiger partial charge is 0.494 e. The van der Waals surface area contributed by atoms with Crippen molar-refractivity contribution in [3.63, 3.8) is 0 Å². The molecule has 1 aromatic carbocycles. The third-order valence-corrected chi connectivity index (χ3v) is 2.90. The quantitative estimate of drug-likeness (QED) is 0.820. The van der Waals surface area contributed by atoms with Gasteiger partial charge in [-0.3, -0.25) is 0 Å². The van der Waals surface area contributed by atoms with Crippen LogP contribution in [0.15, 0.2) is 12.1 Å². The summed E-state index contributed by atoms with van der Waals surface area (Å²) in [7, 11) is 4.10. The highest BCUT2D eigenvalue weighted by molar-refractivity contribution is 5.58. The second-order valence-electron chi connectivity index (χ2n) is 4.36. The number of hydrogen-bond donors (Lipinski definition) is 1. The fourth-order valence-corrected chi connectivity index (χ4v) is 1.90. The van der Waals surface area contributed by atoms with Gasteiger partial charge in [-0.05, 0) is 51.1 Å². The van der Waals surface area contributed by atoms with Gasteiger partial charge in [-0.25, -0.2) is 0 Å². The van der Waals surface area contributed by atoms with Gasteiger partial charge in [0.25, 0.3) is 0 Å². The summed E-state index contributed by atoms with van der Waals surface area (Å²) in [4.78, 5) is 2.27. The first kappa shape index (κ1) is 13.8. The Kier molecular flexibility index (Phi) is 5.29. The van der Waals surface area contributed by atoms with Crippen molar-refractivity contribution in [1.29, 1.82) is 0 Å². The number of anilines is 1. The molecule has 0 fully saturated rings. The SMILES string of the molecule is CCOc1cc(C)c(N(C)CCNC)cc1C. The molecule has 3 heteroatoms. The molecule has 17 heavy (non-hydrogen) atoms. The Labute approximate surface area is 105 Å². The molecule has 0 saturated heterocycles. The summed E-state index contributed by atoms with van der Waals surface area (Å²) >= 11 is 0. The number of aryl methyl sites for hydroxylation is 2. The lowest BCUT2D eigenvalue weighted by molar-refractivity contribution is 0.337. The molecular formula is C14H24N2O. The summed E-state index contributed by atoms with van der Waals surface area (Å²) in [5.74, 6) is 0.996. The van der Waals surface area contributed by atoms with Crippen molar-refractivity contribution in [2.24, 2.45) is 0 Å². The van der Waals surface area contributed by atoms with Gasteiger partial charge in [-0.1, -0.05) is 0 Å². The Morgan fingerprint density at radius 2 is 1.94 bits per heavy atom. The fourth-order valence-electron chi connectivity index (χ4n) is 1.90. The Morgan fingerprint density at radius 1 is 1.24 bits per heavy atom. The van der Waals surface area contributed by atoms with Gasteiger partial charge in [-0.2, -0.15) is 0 Å². The molecule has 0 aromatic heterocycles. The molecule has 0 amide bonds. The molecule has 0 atom stereocenters. The molecule has 0 aliphatic heterocycles. The summed E-state index contributed by atoms with van der Waals surface area (Å²) in [6, 6.07) is 4.33. The molecule has 0 unspecified atom stereocenters. The monoisotopic (exact) mass is 236 g/mol. The number of likely N-dealkylation sites (N-methyl/N-ethyl adjacent to an activating group) is 2. The van der Waals surface area contributed by atoms with E-state index in [1.54, 1.807) is 0 Å². The van der Waals surface area contributed by atoms with Crippen molar-refractivity contribution in [2.75, 3.05) is 38.7 Å². The highest BCUT2D eigenvalue weighted by Gasteiger charge is 2.08. The zero-order valence-corrected chi connectivity index (χ0v) is 11.6. The molecule has 0 aliphatic rings. The Hall–Kier alpha value is -1.22. The first-order valence-corrected chi connectivity index (χ1v) is 6.20. The van der Waals surface area contributed by atoms with Crippen LogP contribution >= 0.6 is 0 Å². The fraction of sp³-hybridized carbons (Fsp3) is 0.571. The predicted molar refractivity (Wildman–Crippen MR) is 74.3 cm³/mol. The summed E-state index contributed by atoms with van der Waals surface area (Å²) in [6.07, 6.45) is 0. The molecule has 0 saturated carbocycles. The minimum absolute atomic E-state index is 0.717. The lowest BCUT2D eigenvalue weighted by atomic mass is 10.1. The molecular weight excluding hydrogens is 212 g/mol. The third kappa shape index (κ3) is 3.63. The van der Waals surface area contributed by atoms with Crippen LogP contribution in [0.2, 0.25) is 0 Å². The normalized spacial score (nSPS) is 10.4. The Bertz CT molecular complexity index is 363. The van der Waals surface area contributed by atoms with E-state index in [1.807, 2.05) is 14.0 Å². The lowest BCUT2D eigenvalue weighted by Gasteiger charge is -2.23. The molecule has 1 aromatic rings. The van der Waals surface area contributed by atoms with Gasteiger partial charge in [-0.15, -0.1) is 0 Å². The topological polar surface area (TPSA) is 24.5 Å². The van der Waals surface area contributed by atoms with E-state index in [0.717, 1.165) is 25.4 Å². The van der Waals surface area contributed by atoms with Crippen molar-refractivity contribution >= 4 is 5.69 Å². The smallest absolute Gasteiger partial charge is 0.122 e. The van der Waals surface area contributed by atoms with Crippen LogP contribution in [-0.2, 0) is 0 Å². The lowest BCUT2D eigenvalue weighted by Crippen LogP contribution is -2.27. The number of hydrogen-bond acceptors (Lipinski definition) is 3. The van der Waals surface area contributed by atoms with E-state index in [4.69, 9.17) is 4.74 Å². The van der Waals surface area contributed by atoms with Crippen molar-refractivity contribution in [2.45, 2.75) is 20.8 Å². The molecule has 96 valence electrons. The Balaban J connectivity index is 2.90. The van der Waals surface area contributed by atoms with Crippen molar-refractivity contribution in [1.82, 2.24) is 5.32 Å². The van der Waals surface area contributed by atoms with E-state index in [9.17, 15) is 0 Å².